The van der Waals surface area contributed by atoms with E-state index in [0.717, 1.165) is 18.7 Å². The van der Waals surface area contributed by atoms with Crippen LogP contribution in [0.5, 0.6) is 17.2 Å². The maximum atomic E-state index is 10.1. The zero-order chi connectivity index (χ0) is 17.8. The van der Waals surface area contributed by atoms with Crippen molar-refractivity contribution in [3.05, 3.63) is 39.6 Å². The SMILES string of the molecule is COc1cc(CN2CCCCC[C@@H]2c2ccc(C)s2)cc(OC)c1O. The first kappa shape index (κ1) is 18.1. The molecule has 1 saturated heterocycles. The highest BCUT2D eigenvalue weighted by molar-refractivity contribution is 7.12. The number of methoxy groups -OCH3 is 2. The number of benzene rings is 1. The number of ether oxygens (including phenoxy) is 2. The summed E-state index contributed by atoms with van der Waals surface area (Å²) in [5.41, 5.74) is 1.10. The molecule has 1 atom stereocenters. The van der Waals surface area contributed by atoms with Crippen LogP contribution in [0.3, 0.4) is 0 Å². The topological polar surface area (TPSA) is 41.9 Å². The Balaban J connectivity index is 1.88. The van der Waals surface area contributed by atoms with Crippen molar-refractivity contribution >= 4 is 11.3 Å². The summed E-state index contributed by atoms with van der Waals surface area (Å²) in [5.74, 6) is 0.996. The van der Waals surface area contributed by atoms with Gasteiger partial charge in [-0.15, -0.1) is 11.3 Å². The molecule has 0 amide bonds. The molecule has 0 spiro atoms. The molecule has 1 fully saturated rings. The van der Waals surface area contributed by atoms with Gasteiger partial charge < -0.3 is 14.6 Å². The van der Waals surface area contributed by atoms with Crippen molar-refractivity contribution in [2.45, 2.75) is 45.2 Å². The van der Waals surface area contributed by atoms with E-state index in [1.165, 1.54) is 35.4 Å². The minimum absolute atomic E-state index is 0.0649. The van der Waals surface area contributed by atoms with Crippen LogP contribution in [0.4, 0.5) is 0 Å². The summed E-state index contributed by atoms with van der Waals surface area (Å²) in [6, 6.07) is 8.79. The van der Waals surface area contributed by atoms with Gasteiger partial charge in [-0.2, -0.15) is 0 Å². The molecular formula is C20H27NO3S. The Labute approximate surface area is 154 Å². The molecule has 1 aromatic carbocycles. The molecule has 1 N–H and O–H groups in total. The molecule has 0 aliphatic carbocycles. The number of rotatable bonds is 5. The van der Waals surface area contributed by atoms with Gasteiger partial charge in [0, 0.05) is 22.3 Å². The second-order valence-electron chi connectivity index (χ2n) is 6.63. The summed E-state index contributed by atoms with van der Waals surface area (Å²) < 4.78 is 10.6. The van der Waals surface area contributed by atoms with E-state index >= 15 is 0 Å². The van der Waals surface area contributed by atoms with Crippen LogP contribution in [0.1, 0.15) is 47.0 Å². The van der Waals surface area contributed by atoms with Crippen LogP contribution in [-0.2, 0) is 6.54 Å². The minimum Gasteiger partial charge on any atom is -0.502 e. The van der Waals surface area contributed by atoms with Gasteiger partial charge in [0.2, 0.25) is 5.75 Å². The van der Waals surface area contributed by atoms with E-state index in [2.05, 4.69) is 24.0 Å². The number of aryl methyl sites for hydroxylation is 1. The lowest BCUT2D eigenvalue weighted by Gasteiger charge is -2.29. The Hall–Kier alpha value is -1.72. The number of hydrogen-bond donors (Lipinski definition) is 1. The average Bonchev–Trinajstić information content (AvgIpc) is 2.91. The lowest BCUT2D eigenvalue weighted by Crippen LogP contribution is -2.27. The molecule has 136 valence electrons. The summed E-state index contributed by atoms with van der Waals surface area (Å²) in [7, 11) is 3.14. The zero-order valence-corrected chi connectivity index (χ0v) is 16.1. The van der Waals surface area contributed by atoms with Crippen LogP contribution in [0.25, 0.3) is 0 Å². The van der Waals surface area contributed by atoms with Gasteiger partial charge in [0.1, 0.15) is 0 Å². The van der Waals surface area contributed by atoms with Crippen LogP contribution < -0.4 is 9.47 Å². The summed E-state index contributed by atoms with van der Waals surface area (Å²) in [6.45, 7) is 4.09. The maximum Gasteiger partial charge on any atom is 0.200 e. The van der Waals surface area contributed by atoms with Crippen LogP contribution in [-0.4, -0.2) is 30.8 Å². The lowest BCUT2D eigenvalue weighted by atomic mass is 10.1. The van der Waals surface area contributed by atoms with Gasteiger partial charge in [-0.1, -0.05) is 12.8 Å². The molecule has 0 saturated carbocycles. The van der Waals surface area contributed by atoms with Crippen molar-refractivity contribution in [3.63, 3.8) is 0 Å². The first-order valence-corrected chi connectivity index (χ1v) is 9.68. The number of phenols is 1. The van der Waals surface area contributed by atoms with Crippen molar-refractivity contribution in [3.8, 4) is 17.2 Å². The maximum absolute atomic E-state index is 10.1. The third kappa shape index (κ3) is 4.10. The van der Waals surface area contributed by atoms with Crippen molar-refractivity contribution < 1.29 is 14.6 Å². The van der Waals surface area contributed by atoms with Gasteiger partial charge in [-0.3, -0.25) is 4.90 Å². The molecule has 3 rings (SSSR count). The summed E-state index contributed by atoms with van der Waals surface area (Å²) in [5, 5.41) is 10.1. The molecule has 1 aliphatic heterocycles. The highest BCUT2D eigenvalue weighted by Crippen LogP contribution is 2.39. The standard InChI is InChI=1S/C20H27NO3S/c1-14-8-9-19(25-14)16-7-5-4-6-10-21(16)13-15-11-17(23-2)20(22)18(12-15)24-3/h8-9,11-12,16,22H,4-7,10,13H2,1-3H3/t16-/m1/s1. The van der Waals surface area contributed by atoms with E-state index in [9.17, 15) is 5.11 Å². The summed E-state index contributed by atoms with van der Waals surface area (Å²) in [6.07, 6.45) is 5.00. The Bertz CT molecular complexity index is 688. The van der Waals surface area contributed by atoms with E-state index in [1.54, 1.807) is 14.2 Å². The number of phenolic OH excluding ortho intramolecular Hbond substituents is 1. The molecule has 0 radical (unpaired) electrons. The fourth-order valence-electron chi connectivity index (χ4n) is 3.59. The highest BCUT2D eigenvalue weighted by Gasteiger charge is 2.24. The van der Waals surface area contributed by atoms with Crippen LogP contribution in [0, 0.1) is 6.92 Å². The smallest absolute Gasteiger partial charge is 0.200 e. The van der Waals surface area contributed by atoms with Crippen molar-refractivity contribution in [1.82, 2.24) is 4.90 Å². The van der Waals surface area contributed by atoms with Gasteiger partial charge in [-0.05, 0) is 56.1 Å². The van der Waals surface area contributed by atoms with E-state index in [4.69, 9.17) is 9.47 Å². The third-order valence-electron chi connectivity index (χ3n) is 4.88. The molecule has 5 heteroatoms. The fourth-order valence-corrected chi connectivity index (χ4v) is 4.63. The van der Waals surface area contributed by atoms with Gasteiger partial charge >= 0.3 is 0 Å². The van der Waals surface area contributed by atoms with Crippen LogP contribution in [0.15, 0.2) is 24.3 Å². The van der Waals surface area contributed by atoms with Gasteiger partial charge in [-0.25, -0.2) is 0 Å². The van der Waals surface area contributed by atoms with Crippen molar-refractivity contribution in [1.29, 1.82) is 0 Å². The Morgan fingerprint density at radius 2 is 1.84 bits per heavy atom. The molecular weight excluding hydrogens is 334 g/mol. The summed E-state index contributed by atoms with van der Waals surface area (Å²) >= 11 is 1.90. The molecule has 1 aliphatic rings. The van der Waals surface area contributed by atoms with Crippen molar-refractivity contribution in [2.75, 3.05) is 20.8 Å². The minimum atomic E-state index is 0.0649. The van der Waals surface area contributed by atoms with E-state index in [0.29, 0.717) is 17.5 Å². The zero-order valence-electron chi connectivity index (χ0n) is 15.2. The number of thiophene rings is 1. The largest absolute Gasteiger partial charge is 0.502 e. The number of likely N-dealkylation sites (tertiary alicyclic amines) is 1. The number of aromatic hydroxyl groups is 1. The first-order chi connectivity index (χ1) is 12.1. The average molecular weight is 362 g/mol. The Morgan fingerprint density at radius 3 is 2.44 bits per heavy atom. The first-order valence-electron chi connectivity index (χ1n) is 8.86. The molecule has 1 aromatic heterocycles. The predicted molar refractivity (Wildman–Crippen MR) is 102 cm³/mol. The molecule has 4 nitrogen and oxygen atoms in total. The molecule has 2 heterocycles. The molecule has 2 aromatic rings. The van der Waals surface area contributed by atoms with E-state index < -0.39 is 0 Å². The Morgan fingerprint density at radius 1 is 1.12 bits per heavy atom. The van der Waals surface area contributed by atoms with Crippen molar-refractivity contribution in [2.24, 2.45) is 0 Å². The number of hydrogen-bond acceptors (Lipinski definition) is 5. The molecule has 0 unspecified atom stereocenters. The second-order valence-corrected chi connectivity index (χ2v) is 7.95. The predicted octanol–water partition coefficient (Wildman–Crippen LogP) is 4.90. The lowest BCUT2D eigenvalue weighted by molar-refractivity contribution is 0.194. The monoisotopic (exact) mass is 361 g/mol. The molecule has 25 heavy (non-hydrogen) atoms. The van der Waals surface area contributed by atoms with E-state index in [-0.39, 0.29) is 5.75 Å². The van der Waals surface area contributed by atoms with E-state index in [1.807, 2.05) is 23.5 Å². The normalized spacial score (nSPS) is 18.8. The quantitative estimate of drug-likeness (QED) is 0.823. The van der Waals surface area contributed by atoms with Crippen LogP contribution in [0.2, 0.25) is 0 Å². The second kappa shape index (κ2) is 8.11. The number of nitrogens with zero attached hydrogens (tertiary/aromatic N) is 1. The molecule has 0 bridgehead atoms. The van der Waals surface area contributed by atoms with Gasteiger partial charge in [0.15, 0.2) is 11.5 Å². The highest BCUT2D eigenvalue weighted by atomic mass is 32.1. The van der Waals surface area contributed by atoms with Gasteiger partial charge in [0.05, 0.1) is 14.2 Å². The van der Waals surface area contributed by atoms with Gasteiger partial charge in [0.25, 0.3) is 0 Å². The van der Waals surface area contributed by atoms with Crippen LogP contribution >= 0.6 is 11.3 Å². The third-order valence-corrected chi connectivity index (χ3v) is 5.98. The fraction of sp³-hybridized carbons (Fsp3) is 0.500. The Kier molecular flexibility index (Phi) is 5.86. The summed E-state index contributed by atoms with van der Waals surface area (Å²) in [4.78, 5) is 5.38.